The Kier molecular flexibility index (Phi) is 5.87. The first-order chi connectivity index (χ1) is 15.5. The number of anilines is 1. The molecule has 1 aliphatic heterocycles. The van der Waals surface area contributed by atoms with Crippen molar-refractivity contribution in [2.45, 2.75) is 12.7 Å². The fourth-order valence-electron chi connectivity index (χ4n) is 4.01. The van der Waals surface area contributed by atoms with Crippen LogP contribution in [0.2, 0.25) is 0 Å². The molecular formula is C23H21F4N3O3. The number of rotatable bonds is 4. The molecule has 0 amide bonds. The van der Waals surface area contributed by atoms with Crippen molar-refractivity contribution < 1.29 is 27.5 Å². The highest BCUT2D eigenvalue weighted by Crippen LogP contribution is 2.30. The number of nitrogens with zero attached hydrogens (tertiary/aromatic N) is 3. The maximum atomic E-state index is 15.0. The van der Waals surface area contributed by atoms with Gasteiger partial charge >= 0.3 is 12.1 Å². The van der Waals surface area contributed by atoms with Gasteiger partial charge in [-0.2, -0.15) is 13.2 Å². The fourth-order valence-corrected chi connectivity index (χ4v) is 4.01. The number of pyridine rings is 1. The van der Waals surface area contributed by atoms with Gasteiger partial charge in [-0.3, -0.25) is 4.79 Å². The van der Waals surface area contributed by atoms with Crippen molar-refractivity contribution in [3.63, 3.8) is 0 Å². The summed E-state index contributed by atoms with van der Waals surface area (Å²) >= 11 is 0. The largest absolute Gasteiger partial charge is 0.477 e. The van der Waals surface area contributed by atoms with Crippen LogP contribution in [0.3, 0.4) is 0 Å². The first-order valence-electron chi connectivity index (χ1n) is 10.2. The summed E-state index contributed by atoms with van der Waals surface area (Å²) in [7, 11) is 1.95. The van der Waals surface area contributed by atoms with E-state index in [4.69, 9.17) is 0 Å². The van der Waals surface area contributed by atoms with Crippen molar-refractivity contribution in [1.82, 2.24) is 9.47 Å². The zero-order valence-corrected chi connectivity index (χ0v) is 17.7. The third-order valence-corrected chi connectivity index (χ3v) is 5.83. The van der Waals surface area contributed by atoms with Crippen LogP contribution in [-0.4, -0.2) is 53.8 Å². The summed E-state index contributed by atoms with van der Waals surface area (Å²) in [5.74, 6) is -2.15. The van der Waals surface area contributed by atoms with Crippen molar-refractivity contribution in [2.75, 3.05) is 38.1 Å². The highest BCUT2D eigenvalue weighted by molar-refractivity contribution is 5.93. The Labute approximate surface area is 186 Å². The number of hydrogen-bond acceptors (Lipinski definition) is 4. The number of aromatic nitrogens is 1. The number of piperazine rings is 1. The number of alkyl halides is 3. The van der Waals surface area contributed by atoms with E-state index in [1.54, 1.807) is 0 Å². The topological polar surface area (TPSA) is 65.8 Å². The SMILES string of the molecule is CN1CCN(c2cc3c(cc2F)c(=O)c(C(=O)O)cn3Cc2cccc(C(F)(F)F)c2)CC1. The van der Waals surface area contributed by atoms with E-state index in [-0.39, 0.29) is 28.7 Å². The van der Waals surface area contributed by atoms with Gasteiger partial charge in [0.25, 0.3) is 0 Å². The number of likely N-dealkylation sites (N-methyl/N-ethyl adjacent to an activating group) is 1. The molecular weight excluding hydrogens is 442 g/mol. The van der Waals surface area contributed by atoms with Crippen LogP contribution < -0.4 is 10.3 Å². The van der Waals surface area contributed by atoms with Crippen LogP contribution >= 0.6 is 0 Å². The molecule has 2 aromatic carbocycles. The van der Waals surface area contributed by atoms with Crippen LogP contribution in [0.1, 0.15) is 21.5 Å². The van der Waals surface area contributed by atoms with E-state index >= 15 is 0 Å². The third kappa shape index (κ3) is 4.56. The van der Waals surface area contributed by atoms with Crippen molar-refractivity contribution >= 4 is 22.6 Å². The lowest BCUT2D eigenvalue weighted by molar-refractivity contribution is -0.137. The Morgan fingerprint density at radius 2 is 1.79 bits per heavy atom. The number of carboxylic acids is 1. The molecule has 33 heavy (non-hydrogen) atoms. The molecule has 174 valence electrons. The Balaban J connectivity index is 1.86. The number of hydrogen-bond donors (Lipinski definition) is 1. The number of halogens is 4. The Bertz CT molecular complexity index is 1280. The zero-order chi connectivity index (χ0) is 23.9. The van der Waals surface area contributed by atoms with Gasteiger partial charge < -0.3 is 19.5 Å². The van der Waals surface area contributed by atoms with Crippen molar-refractivity contribution in [2.24, 2.45) is 0 Å². The molecule has 0 atom stereocenters. The summed E-state index contributed by atoms with van der Waals surface area (Å²) in [6, 6.07) is 7.13. The van der Waals surface area contributed by atoms with E-state index in [1.807, 2.05) is 11.9 Å². The molecule has 3 aromatic rings. The second kappa shape index (κ2) is 8.51. The molecule has 1 saturated heterocycles. The lowest BCUT2D eigenvalue weighted by Crippen LogP contribution is -2.44. The Hall–Kier alpha value is -3.40. The summed E-state index contributed by atoms with van der Waals surface area (Å²) in [5.41, 5.74) is -1.50. The molecule has 1 fully saturated rings. The van der Waals surface area contributed by atoms with Crippen LogP contribution in [0.5, 0.6) is 0 Å². The molecule has 0 spiro atoms. The summed E-state index contributed by atoms with van der Waals surface area (Å²) in [5, 5.41) is 9.31. The first-order valence-corrected chi connectivity index (χ1v) is 10.2. The number of carboxylic acid groups (broad SMARTS) is 1. The van der Waals surface area contributed by atoms with E-state index < -0.39 is 34.5 Å². The predicted octanol–water partition coefficient (Wildman–Crippen LogP) is 3.66. The van der Waals surface area contributed by atoms with E-state index in [1.165, 1.54) is 22.8 Å². The average molecular weight is 463 g/mol. The molecule has 4 rings (SSSR count). The summed E-state index contributed by atoms with van der Waals surface area (Å²) in [4.78, 5) is 28.3. The van der Waals surface area contributed by atoms with Crippen LogP contribution in [0, 0.1) is 5.82 Å². The van der Waals surface area contributed by atoms with Crippen LogP contribution in [0.25, 0.3) is 10.9 Å². The van der Waals surface area contributed by atoms with Gasteiger partial charge in [0, 0.05) is 44.3 Å². The number of benzene rings is 2. The van der Waals surface area contributed by atoms with Crippen LogP contribution in [0.4, 0.5) is 23.2 Å². The van der Waals surface area contributed by atoms with Gasteiger partial charge in [-0.1, -0.05) is 12.1 Å². The minimum Gasteiger partial charge on any atom is -0.477 e. The zero-order valence-electron chi connectivity index (χ0n) is 17.7. The maximum absolute atomic E-state index is 15.0. The second-order valence-corrected chi connectivity index (χ2v) is 8.11. The molecule has 6 nitrogen and oxygen atoms in total. The first kappa shape index (κ1) is 22.8. The molecule has 0 aliphatic carbocycles. The van der Waals surface area contributed by atoms with Crippen LogP contribution in [0.15, 0.2) is 47.4 Å². The van der Waals surface area contributed by atoms with E-state index in [0.717, 1.165) is 24.4 Å². The second-order valence-electron chi connectivity index (χ2n) is 8.11. The monoisotopic (exact) mass is 463 g/mol. The smallest absolute Gasteiger partial charge is 0.416 e. The minimum absolute atomic E-state index is 0.130. The predicted molar refractivity (Wildman–Crippen MR) is 115 cm³/mol. The highest BCUT2D eigenvalue weighted by atomic mass is 19.4. The number of aromatic carboxylic acids is 1. The molecule has 0 saturated carbocycles. The standard InChI is InChI=1S/C23H21F4N3O3/c1-28-5-7-29(8-6-28)20-11-19-16(10-18(20)24)21(31)17(22(32)33)13-30(19)12-14-3-2-4-15(9-14)23(25,26)27/h2-4,9-11,13H,5-8,12H2,1H3,(H,32,33). The van der Waals surface area contributed by atoms with Gasteiger partial charge in [0.1, 0.15) is 11.4 Å². The van der Waals surface area contributed by atoms with Crippen molar-refractivity contribution in [3.05, 3.63) is 75.3 Å². The van der Waals surface area contributed by atoms with Crippen molar-refractivity contribution in [3.8, 4) is 0 Å². The van der Waals surface area contributed by atoms with Gasteiger partial charge in [-0.25, -0.2) is 9.18 Å². The van der Waals surface area contributed by atoms with Gasteiger partial charge in [-0.15, -0.1) is 0 Å². The highest BCUT2D eigenvalue weighted by Gasteiger charge is 2.30. The van der Waals surface area contributed by atoms with Crippen LogP contribution in [-0.2, 0) is 12.7 Å². The quantitative estimate of drug-likeness (QED) is 0.599. The van der Waals surface area contributed by atoms with Gasteiger partial charge in [-0.05, 0) is 36.9 Å². The van der Waals surface area contributed by atoms with E-state index in [9.17, 15) is 32.3 Å². The molecule has 0 unspecified atom stereocenters. The number of carbonyl (C=O) groups is 1. The summed E-state index contributed by atoms with van der Waals surface area (Å²) < 4.78 is 55.8. The molecule has 1 N–H and O–H groups in total. The Morgan fingerprint density at radius 3 is 2.42 bits per heavy atom. The molecule has 2 heterocycles. The maximum Gasteiger partial charge on any atom is 0.416 e. The molecule has 0 bridgehead atoms. The van der Waals surface area contributed by atoms with E-state index in [0.29, 0.717) is 26.2 Å². The molecule has 10 heteroatoms. The molecule has 1 aromatic heterocycles. The lowest BCUT2D eigenvalue weighted by Gasteiger charge is -2.34. The van der Waals surface area contributed by atoms with Gasteiger partial charge in [0.2, 0.25) is 5.43 Å². The summed E-state index contributed by atoms with van der Waals surface area (Å²) in [6.45, 7) is 2.42. The average Bonchev–Trinajstić information content (AvgIpc) is 2.75. The van der Waals surface area contributed by atoms with E-state index in [2.05, 4.69) is 4.90 Å². The fraction of sp³-hybridized carbons (Fsp3) is 0.304. The normalized spacial score (nSPS) is 15.2. The van der Waals surface area contributed by atoms with Gasteiger partial charge in [0.15, 0.2) is 0 Å². The lowest BCUT2D eigenvalue weighted by atomic mass is 10.1. The third-order valence-electron chi connectivity index (χ3n) is 5.83. The Morgan fingerprint density at radius 1 is 1.09 bits per heavy atom. The molecule has 1 aliphatic rings. The molecule has 0 radical (unpaired) electrons. The minimum atomic E-state index is -4.54. The summed E-state index contributed by atoms with van der Waals surface area (Å²) in [6.07, 6.45) is -3.44. The van der Waals surface area contributed by atoms with Crippen molar-refractivity contribution in [1.29, 1.82) is 0 Å². The van der Waals surface area contributed by atoms with Gasteiger partial charge in [0.05, 0.1) is 16.8 Å². The number of fused-ring (bicyclic) bond motifs is 1.